The Hall–Kier alpha value is -6.07. The van der Waals surface area contributed by atoms with Gasteiger partial charge in [0.25, 0.3) is 0 Å². The van der Waals surface area contributed by atoms with E-state index >= 15 is 0 Å². The molecule has 0 spiro atoms. The SMILES string of the molecule is CC[C@H](C)[C@H](NC(=O)[C@H](CCC(=O)O)NC(=O)[C@H](CC(C)C)NC(=O)[C@H](CC(=O)O)NC(=O)[C@H](CC(=O)O)NC(=O)[C@@H]1CCCN1C(=O)[C@@H](N)CCCNC(=N)N)C(=O)O. The van der Waals surface area contributed by atoms with Gasteiger partial charge in [0.15, 0.2) is 5.96 Å². The van der Waals surface area contributed by atoms with E-state index in [-0.39, 0.29) is 44.2 Å². The Morgan fingerprint density at radius 3 is 1.75 bits per heavy atom. The second-order valence-electron chi connectivity index (χ2n) is 15.0. The van der Waals surface area contributed by atoms with Crippen LogP contribution in [0, 0.1) is 17.2 Å². The summed E-state index contributed by atoms with van der Waals surface area (Å²) in [5, 5.41) is 59.2. The maximum absolute atomic E-state index is 13.6. The molecule has 0 unspecified atom stereocenters. The minimum Gasteiger partial charge on any atom is -0.481 e. The van der Waals surface area contributed by atoms with Gasteiger partial charge < -0.3 is 68.7 Å². The van der Waals surface area contributed by atoms with Gasteiger partial charge in [-0.25, -0.2) is 4.79 Å². The first-order chi connectivity index (χ1) is 28.0. The third-order valence-corrected chi connectivity index (χ3v) is 9.58. The molecule has 1 rings (SSSR count). The van der Waals surface area contributed by atoms with Crippen molar-refractivity contribution in [2.45, 2.75) is 134 Å². The third kappa shape index (κ3) is 18.2. The topological polar surface area (TPSA) is 403 Å². The van der Waals surface area contributed by atoms with Gasteiger partial charge in [0.2, 0.25) is 35.4 Å². The quantitative estimate of drug-likeness (QED) is 0.0222. The summed E-state index contributed by atoms with van der Waals surface area (Å²) in [6, 6.07) is -10.5. The van der Waals surface area contributed by atoms with Gasteiger partial charge in [-0.2, -0.15) is 0 Å². The minimum absolute atomic E-state index is 0.129. The first-order valence-corrected chi connectivity index (χ1v) is 19.5. The minimum atomic E-state index is -1.95. The van der Waals surface area contributed by atoms with E-state index in [0.29, 0.717) is 19.3 Å². The number of carbonyl (C=O) groups is 10. The number of amides is 6. The molecule has 15 N–H and O–H groups in total. The van der Waals surface area contributed by atoms with Crippen LogP contribution >= 0.6 is 0 Å². The molecule has 0 aliphatic carbocycles. The predicted molar refractivity (Wildman–Crippen MR) is 209 cm³/mol. The van der Waals surface area contributed by atoms with E-state index in [1.54, 1.807) is 27.7 Å². The van der Waals surface area contributed by atoms with E-state index in [0.717, 1.165) is 0 Å². The zero-order chi connectivity index (χ0) is 45.9. The molecule has 0 bridgehead atoms. The predicted octanol–water partition coefficient (Wildman–Crippen LogP) is -3.02. The van der Waals surface area contributed by atoms with Crippen LogP contribution in [0.3, 0.4) is 0 Å². The summed E-state index contributed by atoms with van der Waals surface area (Å²) >= 11 is 0. The van der Waals surface area contributed by atoms with Crippen LogP contribution in [-0.4, -0.2) is 146 Å². The highest BCUT2D eigenvalue weighted by Gasteiger charge is 2.39. The Balaban J connectivity index is 3.27. The lowest BCUT2D eigenvalue weighted by molar-refractivity contribution is -0.145. The molecule has 0 aromatic carbocycles. The Kier molecular flexibility index (Phi) is 22.0. The molecule has 6 amide bonds. The van der Waals surface area contributed by atoms with E-state index < -0.39 is 133 Å². The van der Waals surface area contributed by atoms with Gasteiger partial charge >= 0.3 is 23.9 Å². The summed E-state index contributed by atoms with van der Waals surface area (Å²) in [4.78, 5) is 128. The first-order valence-electron chi connectivity index (χ1n) is 19.5. The fourth-order valence-corrected chi connectivity index (χ4v) is 6.21. The van der Waals surface area contributed by atoms with Crippen molar-refractivity contribution in [1.82, 2.24) is 36.8 Å². The lowest BCUT2D eigenvalue weighted by atomic mass is 9.98. The van der Waals surface area contributed by atoms with E-state index in [9.17, 15) is 68.4 Å². The zero-order valence-electron chi connectivity index (χ0n) is 34.2. The van der Waals surface area contributed by atoms with Gasteiger partial charge in [-0.3, -0.25) is 48.6 Å². The number of carbonyl (C=O) groups excluding carboxylic acids is 6. The summed E-state index contributed by atoms with van der Waals surface area (Å²) < 4.78 is 0. The van der Waals surface area contributed by atoms with Gasteiger partial charge in [0.1, 0.15) is 36.3 Å². The summed E-state index contributed by atoms with van der Waals surface area (Å²) in [6.45, 7) is 6.95. The van der Waals surface area contributed by atoms with Crippen LogP contribution in [0.2, 0.25) is 0 Å². The number of likely N-dealkylation sites (tertiary alicyclic amines) is 1. The molecule has 1 aliphatic rings. The average Bonchev–Trinajstić information content (AvgIpc) is 3.65. The number of aliphatic carboxylic acids is 4. The molecule has 0 aromatic heterocycles. The Labute approximate surface area is 346 Å². The van der Waals surface area contributed by atoms with Crippen molar-refractivity contribution in [1.29, 1.82) is 5.41 Å². The maximum Gasteiger partial charge on any atom is 0.326 e. The highest BCUT2D eigenvalue weighted by atomic mass is 16.4. The average molecular weight is 857 g/mol. The Bertz CT molecular complexity index is 1590. The lowest BCUT2D eigenvalue weighted by Crippen LogP contribution is -2.60. The van der Waals surface area contributed by atoms with Crippen LogP contribution in [0.4, 0.5) is 0 Å². The van der Waals surface area contributed by atoms with Gasteiger partial charge in [-0.05, 0) is 50.4 Å². The van der Waals surface area contributed by atoms with Crippen molar-refractivity contribution in [2.75, 3.05) is 13.1 Å². The number of nitrogens with one attached hydrogen (secondary N) is 7. The second kappa shape index (κ2) is 25.4. The lowest BCUT2D eigenvalue weighted by Gasteiger charge is -2.29. The first kappa shape index (κ1) is 51.9. The van der Waals surface area contributed by atoms with Crippen molar-refractivity contribution < 1.29 is 68.4 Å². The molecule has 24 nitrogen and oxygen atoms in total. The maximum atomic E-state index is 13.6. The number of hydrogen-bond donors (Lipinski definition) is 13. The molecule has 1 saturated heterocycles. The van der Waals surface area contributed by atoms with Crippen molar-refractivity contribution in [2.24, 2.45) is 23.3 Å². The molecule has 1 aliphatic heterocycles. The Morgan fingerprint density at radius 1 is 0.733 bits per heavy atom. The summed E-state index contributed by atoms with van der Waals surface area (Å²) in [7, 11) is 0. The smallest absolute Gasteiger partial charge is 0.326 e. The van der Waals surface area contributed by atoms with E-state index in [4.69, 9.17) is 16.9 Å². The molecule has 8 atom stereocenters. The number of guanidine groups is 1. The summed E-state index contributed by atoms with van der Waals surface area (Å²) in [5.74, 6) is -13.1. The van der Waals surface area contributed by atoms with E-state index in [2.05, 4.69) is 31.9 Å². The van der Waals surface area contributed by atoms with Gasteiger partial charge in [0, 0.05) is 19.5 Å². The Morgan fingerprint density at radius 2 is 1.25 bits per heavy atom. The number of carboxylic acids is 4. The van der Waals surface area contributed by atoms with Gasteiger partial charge in [-0.1, -0.05) is 34.1 Å². The van der Waals surface area contributed by atoms with E-state index in [1.165, 1.54) is 4.90 Å². The largest absolute Gasteiger partial charge is 0.481 e. The molecule has 0 radical (unpaired) electrons. The normalized spacial score (nSPS) is 17.0. The third-order valence-electron chi connectivity index (χ3n) is 9.58. The van der Waals surface area contributed by atoms with Crippen LogP contribution in [0.15, 0.2) is 0 Å². The molecule has 0 saturated carbocycles. The molecular weight excluding hydrogens is 796 g/mol. The monoisotopic (exact) mass is 856 g/mol. The van der Waals surface area contributed by atoms with Gasteiger partial charge in [-0.15, -0.1) is 0 Å². The molecule has 24 heteroatoms. The van der Waals surface area contributed by atoms with Crippen LogP contribution in [0.25, 0.3) is 0 Å². The van der Waals surface area contributed by atoms with Gasteiger partial charge in [0.05, 0.1) is 18.9 Å². The highest BCUT2D eigenvalue weighted by Crippen LogP contribution is 2.20. The van der Waals surface area contributed by atoms with Crippen molar-refractivity contribution in [3.8, 4) is 0 Å². The van der Waals surface area contributed by atoms with E-state index in [1.807, 2.05) is 0 Å². The van der Waals surface area contributed by atoms with Crippen molar-refractivity contribution in [3.05, 3.63) is 0 Å². The molecule has 338 valence electrons. The molecular formula is C36H60N10O14. The zero-order valence-corrected chi connectivity index (χ0v) is 34.2. The fourth-order valence-electron chi connectivity index (χ4n) is 6.21. The molecule has 60 heavy (non-hydrogen) atoms. The van der Waals surface area contributed by atoms with Crippen molar-refractivity contribution in [3.63, 3.8) is 0 Å². The summed E-state index contributed by atoms with van der Waals surface area (Å²) in [5.41, 5.74) is 11.3. The number of nitrogens with zero attached hydrogens (tertiary/aromatic N) is 1. The van der Waals surface area contributed by atoms with Crippen LogP contribution < -0.4 is 43.4 Å². The number of nitrogens with two attached hydrogens (primary N) is 2. The second-order valence-corrected chi connectivity index (χ2v) is 15.0. The molecule has 1 heterocycles. The van der Waals surface area contributed by atoms with Crippen LogP contribution in [0.5, 0.6) is 0 Å². The van der Waals surface area contributed by atoms with Crippen LogP contribution in [0.1, 0.15) is 91.9 Å². The van der Waals surface area contributed by atoms with Crippen LogP contribution in [-0.2, 0) is 47.9 Å². The fraction of sp³-hybridized carbons (Fsp3) is 0.694. The molecule has 0 aromatic rings. The number of hydrogen-bond acceptors (Lipinski definition) is 12. The highest BCUT2D eigenvalue weighted by molar-refractivity contribution is 5.99. The standard InChI is InChI=1S/C36H60N10O14/c1-5-18(4)28(35(59)60)45-29(53)20(10-11-25(47)48)41-30(54)21(14-17(2)3)42-31(55)22(15-26(49)50)43-32(56)23(16-27(51)52)44-33(57)24-9-7-13-46(24)34(58)19(37)8-6-12-40-36(38)39/h17-24,28H,5-16,37H2,1-4H3,(H,41,54)(H,42,55)(H,43,56)(H,44,57)(H,45,53)(H,47,48)(H,49,50)(H,51,52)(H,59,60)(H4,38,39,40)/t18-,19-,20-,21-,22-,23-,24-,28-/m0/s1. The number of carboxylic acid groups (broad SMARTS) is 4. The summed E-state index contributed by atoms with van der Waals surface area (Å²) in [6.07, 6.45) is -1.94. The van der Waals surface area contributed by atoms with Crippen molar-refractivity contribution >= 4 is 65.3 Å². The number of rotatable bonds is 27. The molecule has 1 fully saturated rings.